The highest BCUT2D eigenvalue weighted by Crippen LogP contribution is 2.18. The van der Waals surface area contributed by atoms with Gasteiger partial charge >= 0.3 is 5.97 Å². The van der Waals surface area contributed by atoms with Crippen LogP contribution in [0.25, 0.3) is 0 Å². The van der Waals surface area contributed by atoms with Gasteiger partial charge in [-0.2, -0.15) is 0 Å². The molecule has 19 heavy (non-hydrogen) atoms. The lowest BCUT2D eigenvalue weighted by atomic mass is 9.96. The Hall–Kier alpha value is -1.29. The fourth-order valence-electron chi connectivity index (χ4n) is 2.66. The number of ether oxygens (including phenoxy) is 1. The molecule has 1 saturated carbocycles. The Labute approximate surface area is 114 Å². The van der Waals surface area contributed by atoms with Crippen LogP contribution in [0.2, 0.25) is 0 Å². The van der Waals surface area contributed by atoms with Gasteiger partial charge in [-0.15, -0.1) is 0 Å². The number of esters is 1. The first-order valence-electron chi connectivity index (χ1n) is 7.19. The summed E-state index contributed by atoms with van der Waals surface area (Å²) in [4.78, 5) is 11.5. The van der Waals surface area contributed by atoms with E-state index in [2.05, 4.69) is 5.32 Å². The van der Waals surface area contributed by atoms with Crippen LogP contribution in [0.15, 0.2) is 16.7 Å². The Bertz CT molecular complexity index is 392. The van der Waals surface area contributed by atoms with Gasteiger partial charge in [0.1, 0.15) is 0 Å². The Morgan fingerprint density at radius 3 is 2.68 bits per heavy atom. The number of nitrogens with one attached hydrogen (secondary N) is 1. The predicted molar refractivity (Wildman–Crippen MR) is 73.0 cm³/mol. The highest BCUT2D eigenvalue weighted by atomic mass is 16.5. The zero-order valence-electron chi connectivity index (χ0n) is 11.6. The van der Waals surface area contributed by atoms with Crippen molar-refractivity contribution in [2.24, 2.45) is 0 Å². The van der Waals surface area contributed by atoms with Gasteiger partial charge in [0.2, 0.25) is 5.76 Å². The monoisotopic (exact) mass is 265 g/mol. The molecule has 0 spiro atoms. The maximum atomic E-state index is 11.5. The van der Waals surface area contributed by atoms with Crippen molar-refractivity contribution < 1.29 is 13.9 Å². The smallest absolute Gasteiger partial charge is 0.374 e. The normalized spacial score (nSPS) is 17.7. The summed E-state index contributed by atoms with van der Waals surface area (Å²) in [6.45, 7) is 0.672. The van der Waals surface area contributed by atoms with Crippen LogP contribution in [-0.2, 0) is 11.3 Å². The van der Waals surface area contributed by atoms with Gasteiger partial charge in [0.25, 0.3) is 0 Å². The topological polar surface area (TPSA) is 51.5 Å². The summed E-state index contributed by atoms with van der Waals surface area (Å²) in [5.41, 5.74) is 0.883. The van der Waals surface area contributed by atoms with Gasteiger partial charge in [-0.05, 0) is 18.9 Å². The largest absolute Gasteiger partial charge is 0.463 e. The molecular formula is C15H23NO3. The molecule has 1 fully saturated rings. The molecule has 0 saturated heterocycles. The van der Waals surface area contributed by atoms with Crippen molar-refractivity contribution in [2.75, 3.05) is 7.11 Å². The van der Waals surface area contributed by atoms with Crippen molar-refractivity contribution in [1.29, 1.82) is 0 Å². The molecule has 0 aromatic carbocycles. The average Bonchev–Trinajstić information content (AvgIpc) is 2.85. The molecule has 106 valence electrons. The summed E-state index contributed by atoms with van der Waals surface area (Å²) in [5.74, 6) is -0.0830. The zero-order chi connectivity index (χ0) is 13.5. The van der Waals surface area contributed by atoms with E-state index in [4.69, 9.17) is 9.15 Å². The van der Waals surface area contributed by atoms with Crippen molar-refractivity contribution in [3.8, 4) is 0 Å². The fraction of sp³-hybridized carbons (Fsp3) is 0.667. The number of carbonyl (C=O) groups is 1. The molecule has 0 bridgehead atoms. The van der Waals surface area contributed by atoms with Crippen LogP contribution in [0.5, 0.6) is 0 Å². The number of furan rings is 1. The van der Waals surface area contributed by atoms with Crippen LogP contribution < -0.4 is 5.32 Å². The molecule has 0 unspecified atom stereocenters. The lowest BCUT2D eigenvalue weighted by molar-refractivity contribution is 0.0563. The Morgan fingerprint density at radius 1 is 1.32 bits per heavy atom. The van der Waals surface area contributed by atoms with Crippen LogP contribution in [0, 0.1) is 0 Å². The molecule has 0 atom stereocenters. The third-order valence-corrected chi connectivity index (χ3v) is 3.80. The van der Waals surface area contributed by atoms with Gasteiger partial charge in [0.05, 0.1) is 13.4 Å². The molecule has 1 aromatic rings. The van der Waals surface area contributed by atoms with Crippen molar-refractivity contribution in [3.05, 3.63) is 23.7 Å². The summed E-state index contributed by atoms with van der Waals surface area (Å²) in [7, 11) is 1.37. The zero-order valence-corrected chi connectivity index (χ0v) is 11.6. The van der Waals surface area contributed by atoms with E-state index in [1.165, 1.54) is 52.1 Å². The summed E-state index contributed by atoms with van der Waals surface area (Å²) >= 11 is 0. The number of rotatable bonds is 4. The average molecular weight is 265 g/mol. The highest BCUT2D eigenvalue weighted by Gasteiger charge is 2.17. The molecule has 1 aliphatic rings. The fourth-order valence-corrected chi connectivity index (χ4v) is 2.66. The second kappa shape index (κ2) is 7.34. The SMILES string of the molecule is COC(=O)c1occc1CNC1CCCCCCC1. The maximum Gasteiger partial charge on any atom is 0.374 e. The van der Waals surface area contributed by atoms with E-state index >= 15 is 0 Å². The number of carbonyl (C=O) groups excluding carboxylic acids is 1. The summed E-state index contributed by atoms with van der Waals surface area (Å²) in [6.07, 6.45) is 10.7. The van der Waals surface area contributed by atoms with Crippen molar-refractivity contribution >= 4 is 5.97 Å². The maximum absolute atomic E-state index is 11.5. The van der Waals surface area contributed by atoms with Crippen LogP contribution in [0.1, 0.15) is 61.1 Å². The standard InChI is InChI=1S/C15H23NO3/c1-18-15(17)14-12(9-10-19-14)11-16-13-7-5-3-2-4-6-8-13/h9-10,13,16H,2-8,11H2,1H3. The second-order valence-electron chi connectivity index (χ2n) is 5.19. The third kappa shape index (κ3) is 4.10. The van der Waals surface area contributed by atoms with E-state index in [-0.39, 0.29) is 0 Å². The minimum atomic E-state index is -0.403. The summed E-state index contributed by atoms with van der Waals surface area (Å²) in [6, 6.07) is 2.39. The molecular weight excluding hydrogens is 242 g/mol. The van der Waals surface area contributed by atoms with E-state index in [9.17, 15) is 4.79 Å². The van der Waals surface area contributed by atoms with Crippen molar-refractivity contribution in [1.82, 2.24) is 5.32 Å². The molecule has 1 N–H and O–H groups in total. The van der Waals surface area contributed by atoms with Gasteiger partial charge in [-0.25, -0.2) is 4.79 Å². The molecule has 0 aliphatic heterocycles. The van der Waals surface area contributed by atoms with Crippen LogP contribution in [0.4, 0.5) is 0 Å². The Balaban J connectivity index is 1.87. The summed E-state index contributed by atoms with van der Waals surface area (Å²) < 4.78 is 9.89. The van der Waals surface area contributed by atoms with Gasteiger partial charge in [0, 0.05) is 18.2 Å². The molecule has 1 aliphatic carbocycles. The van der Waals surface area contributed by atoms with Gasteiger partial charge in [-0.1, -0.05) is 32.1 Å². The first-order valence-corrected chi connectivity index (χ1v) is 7.19. The molecule has 4 heteroatoms. The molecule has 4 nitrogen and oxygen atoms in total. The van der Waals surface area contributed by atoms with E-state index in [0.717, 1.165) is 5.56 Å². The van der Waals surface area contributed by atoms with Gasteiger partial charge < -0.3 is 14.5 Å². The minimum Gasteiger partial charge on any atom is -0.463 e. The minimum absolute atomic E-state index is 0.320. The van der Waals surface area contributed by atoms with Crippen molar-refractivity contribution in [2.45, 2.75) is 57.5 Å². The second-order valence-corrected chi connectivity index (χ2v) is 5.19. The first kappa shape index (κ1) is 14.1. The molecule has 1 aromatic heterocycles. The van der Waals surface area contributed by atoms with E-state index in [1.807, 2.05) is 6.07 Å². The molecule has 2 rings (SSSR count). The van der Waals surface area contributed by atoms with Gasteiger partial charge in [0.15, 0.2) is 0 Å². The lowest BCUT2D eigenvalue weighted by Gasteiger charge is -2.20. The van der Waals surface area contributed by atoms with Crippen LogP contribution in [-0.4, -0.2) is 19.1 Å². The first-order chi connectivity index (χ1) is 9.31. The summed E-state index contributed by atoms with van der Waals surface area (Å²) in [5, 5.41) is 3.54. The molecule has 0 amide bonds. The van der Waals surface area contributed by atoms with Crippen molar-refractivity contribution in [3.63, 3.8) is 0 Å². The molecule has 1 heterocycles. The van der Waals surface area contributed by atoms with Crippen LogP contribution >= 0.6 is 0 Å². The lowest BCUT2D eigenvalue weighted by Crippen LogP contribution is -2.29. The Morgan fingerprint density at radius 2 is 2.00 bits per heavy atom. The van der Waals surface area contributed by atoms with Crippen LogP contribution in [0.3, 0.4) is 0 Å². The number of methoxy groups -OCH3 is 1. The number of hydrogen-bond acceptors (Lipinski definition) is 4. The quantitative estimate of drug-likeness (QED) is 0.849. The number of hydrogen-bond donors (Lipinski definition) is 1. The van der Waals surface area contributed by atoms with E-state index in [1.54, 1.807) is 6.26 Å². The Kier molecular flexibility index (Phi) is 5.45. The molecule has 0 radical (unpaired) electrons. The predicted octanol–water partition coefficient (Wildman–Crippen LogP) is 3.27. The van der Waals surface area contributed by atoms with E-state index < -0.39 is 5.97 Å². The van der Waals surface area contributed by atoms with E-state index in [0.29, 0.717) is 18.3 Å². The third-order valence-electron chi connectivity index (χ3n) is 3.80. The highest BCUT2D eigenvalue weighted by molar-refractivity contribution is 5.87. The van der Waals surface area contributed by atoms with Gasteiger partial charge in [-0.3, -0.25) is 0 Å².